The highest BCUT2D eigenvalue weighted by Gasteiger charge is 2.09. The molecule has 0 radical (unpaired) electrons. The van der Waals surface area contributed by atoms with E-state index in [9.17, 15) is 9.90 Å². The minimum Gasteiger partial charge on any atom is -0.504 e. The van der Waals surface area contributed by atoms with Crippen molar-refractivity contribution in [3.8, 4) is 11.5 Å². The lowest BCUT2D eigenvalue weighted by molar-refractivity contribution is 0.0956. The van der Waals surface area contributed by atoms with Gasteiger partial charge in [0.05, 0.1) is 23.9 Å². The number of amides is 1. The highest BCUT2D eigenvalue weighted by molar-refractivity contribution is 6.05. The van der Waals surface area contributed by atoms with E-state index in [-0.39, 0.29) is 11.7 Å². The fourth-order valence-electron chi connectivity index (χ4n) is 2.38. The Kier molecular flexibility index (Phi) is 4.47. The number of hydrogen-bond donors (Lipinski definition) is 3. The van der Waals surface area contributed by atoms with Gasteiger partial charge in [0.25, 0.3) is 5.91 Å². The highest BCUT2D eigenvalue weighted by atomic mass is 16.5. The van der Waals surface area contributed by atoms with Crippen molar-refractivity contribution in [3.63, 3.8) is 0 Å². The molecule has 0 unspecified atom stereocenters. The van der Waals surface area contributed by atoms with Crippen molar-refractivity contribution < 1.29 is 14.6 Å². The summed E-state index contributed by atoms with van der Waals surface area (Å²) in [5.74, 6) is 0.142. The topological polar surface area (TPSA) is 86.7 Å². The molecule has 3 rings (SSSR count). The number of nitrogens with one attached hydrogen (secondary N) is 2. The fourth-order valence-corrected chi connectivity index (χ4v) is 2.38. The number of nitrogens with zero attached hydrogens (tertiary/aromatic N) is 1. The van der Waals surface area contributed by atoms with Crippen molar-refractivity contribution in [2.75, 3.05) is 6.61 Å². The number of aromatic hydroxyl groups is 1. The Bertz CT molecular complexity index is 899. The summed E-state index contributed by atoms with van der Waals surface area (Å²) < 4.78 is 5.31. The number of rotatable bonds is 5. The van der Waals surface area contributed by atoms with E-state index in [1.165, 1.54) is 12.3 Å². The smallest absolute Gasteiger partial charge is 0.273 e. The van der Waals surface area contributed by atoms with E-state index in [0.29, 0.717) is 23.5 Å². The summed E-state index contributed by atoms with van der Waals surface area (Å²) in [5, 5.41) is 14.6. The summed E-state index contributed by atoms with van der Waals surface area (Å²) in [7, 11) is 0. The number of phenols is 1. The van der Waals surface area contributed by atoms with Crippen LogP contribution >= 0.6 is 0 Å². The molecule has 0 saturated heterocycles. The number of hydrazone groups is 1. The quantitative estimate of drug-likeness (QED) is 0.498. The van der Waals surface area contributed by atoms with E-state index in [2.05, 4.69) is 15.5 Å². The first-order valence-electron chi connectivity index (χ1n) is 7.54. The fraction of sp³-hybridized carbons (Fsp3) is 0.111. The number of H-pyrrole nitrogens is 1. The van der Waals surface area contributed by atoms with Crippen LogP contribution in [0.15, 0.2) is 53.8 Å². The zero-order chi connectivity index (χ0) is 16.9. The zero-order valence-corrected chi connectivity index (χ0v) is 13.1. The first-order chi connectivity index (χ1) is 11.7. The van der Waals surface area contributed by atoms with Gasteiger partial charge >= 0.3 is 0 Å². The van der Waals surface area contributed by atoms with Gasteiger partial charge in [-0.25, -0.2) is 5.43 Å². The third-order valence-electron chi connectivity index (χ3n) is 3.50. The molecule has 1 amide bonds. The van der Waals surface area contributed by atoms with Gasteiger partial charge in [-0.1, -0.05) is 12.1 Å². The summed E-state index contributed by atoms with van der Waals surface area (Å²) in [6, 6.07) is 12.2. The van der Waals surface area contributed by atoms with Crippen LogP contribution in [0.25, 0.3) is 10.9 Å². The molecule has 122 valence electrons. The molecule has 1 aromatic heterocycles. The molecule has 24 heavy (non-hydrogen) atoms. The van der Waals surface area contributed by atoms with Gasteiger partial charge in [-0.3, -0.25) is 4.79 Å². The lowest BCUT2D eigenvalue weighted by Crippen LogP contribution is -2.18. The minimum absolute atomic E-state index is 0.0662. The van der Waals surface area contributed by atoms with Crippen molar-refractivity contribution in [2.45, 2.75) is 6.92 Å². The van der Waals surface area contributed by atoms with Gasteiger partial charge < -0.3 is 14.8 Å². The molecule has 0 aliphatic carbocycles. The molecule has 0 aliphatic rings. The van der Waals surface area contributed by atoms with Crippen LogP contribution < -0.4 is 10.2 Å². The Labute approximate surface area is 138 Å². The maximum Gasteiger partial charge on any atom is 0.273 e. The van der Waals surface area contributed by atoms with E-state index in [1.54, 1.807) is 24.4 Å². The summed E-state index contributed by atoms with van der Waals surface area (Å²) in [6.07, 6.45) is 3.28. The second-order valence-corrected chi connectivity index (χ2v) is 5.11. The Balaban J connectivity index is 1.73. The summed E-state index contributed by atoms with van der Waals surface area (Å²) in [5.41, 5.74) is 4.50. The lowest BCUT2D eigenvalue weighted by atomic mass is 10.1. The minimum atomic E-state index is -0.303. The van der Waals surface area contributed by atoms with Crippen molar-refractivity contribution in [2.24, 2.45) is 5.10 Å². The number of fused-ring (bicyclic) bond motifs is 1. The summed E-state index contributed by atoms with van der Waals surface area (Å²) in [4.78, 5) is 15.3. The third kappa shape index (κ3) is 3.22. The maximum atomic E-state index is 12.3. The summed E-state index contributed by atoms with van der Waals surface area (Å²) in [6.45, 7) is 2.28. The molecule has 3 aromatic rings. The Hall–Kier alpha value is -3.28. The van der Waals surface area contributed by atoms with Crippen molar-refractivity contribution in [1.82, 2.24) is 10.4 Å². The average Bonchev–Trinajstić information content (AvgIpc) is 3.06. The number of para-hydroxylation sites is 1. The van der Waals surface area contributed by atoms with Crippen molar-refractivity contribution in [3.05, 3.63) is 59.8 Å². The van der Waals surface area contributed by atoms with E-state index in [4.69, 9.17) is 4.74 Å². The number of carbonyl (C=O) groups excluding carboxylic acids is 1. The van der Waals surface area contributed by atoms with Crippen molar-refractivity contribution >= 4 is 23.0 Å². The second-order valence-electron chi connectivity index (χ2n) is 5.11. The number of hydrogen-bond acceptors (Lipinski definition) is 4. The van der Waals surface area contributed by atoms with Gasteiger partial charge in [0.1, 0.15) is 0 Å². The van der Waals surface area contributed by atoms with E-state index in [1.807, 2.05) is 25.1 Å². The van der Waals surface area contributed by atoms with Crippen LogP contribution in [0.2, 0.25) is 0 Å². The van der Waals surface area contributed by atoms with Crippen LogP contribution in [-0.4, -0.2) is 28.8 Å². The number of benzene rings is 2. The lowest BCUT2D eigenvalue weighted by Gasteiger charge is -2.06. The van der Waals surface area contributed by atoms with Crippen LogP contribution in [-0.2, 0) is 0 Å². The molecule has 0 aliphatic heterocycles. The number of ether oxygens (including phenoxy) is 1. The zero-order valence-electron chi connectivity index (χ0n) is 13.1. The normalized spacial score (nSPS) is 11.0. The van der Waals surface area contributed by atoms with Gasteiger partial charge in [0, 0.05) is 11.6 Å². The molecule has 0 fully saturated rings. The van der Waals surface area contributed by atoms with Crippen LogP contribution in [0.4, 0.5) is 0 Å². The standard InChI is InChI=1S/C18H17N3O3/c1-2-24-16-10-12(6-7-15(16)22)11-20-21-18(23)14-5-3-4-13-8-9-19-17(13)14/h3-11,19,22H,2H2,1H3,(H,21,23). The van der Waals surface area contributed by atoms with Crippen LogP contribution in [0.3, 0.4) is 0 Å². The second kappa shape index (κ2) is 6.87. The molecule has 0 bridgehead atoms. The molecule has 0 saturated carbocycles. The van der Waals surface area contributed by atoms with Crippen LogP contribution in [0.5, 0.6) is 11.5 Å². The van der Waals surface area contributed by atoms with Gasteiger partial charge in [-0.2, -0.15) is 5.10 Å². The molecular formula is C18H17N3O3. The first kappa shape index (κ1) is 15.6. The van der Waals surface area contributed by atoms with Crippen LogP contribution in [0, 0.1) is 0 Å². The van der Waals surface area contributed by atoms with Gasteiger partial charge in [-0.05, 0) is 42.8 Å². The monoisotopic (exact) mass is 323 g/mol. The van der Waals surface area contributed by atoms with Crippen LogP contribution in [0.1, 0.15) is 22.8 Å². The number of aromatic nitrogens is 1. The van der Waals surface area contributed by atoms with Gasteiger partial charge in [0.15, 0.2) is 11.5 Å². The highest BCUT2D eigenvalue weighted by Crippen LogP contribution is 2.26. The maximum absolute atomic E-state index is 12.3. The Morgan fingerprint density at radius 2 is 2.21 bits per heavy atom. The van der Waals surface area contributed by atoms with E-state index in [0.717, 1.165) is 10.9 Å². The Morgan fingerprint density at radius 3 is 3.04 bits per heavy atom. The molecule has 3 N–H and O–H groups in total. The molecule has 6 nitrogen and oxygen atoms in total. The van der Waals surface area contributed by atoms with Gasteiger partial charge in [0.2, 0.25) is 0 Å². The van der Waals surface area contributed by atoms with E-state index < -0.39 is 0 Å². The largest absolute Gasteiger partial charge is 0.504 e. The molecular weight excluding hydrogens is 306 g/mol. The molecule has 0 spiro atoms. The average molecular weight is 323 g/mol. The number of phenolic OH excluding ortho intramolecular Hbond substituents is 1. The third-order valence-corrected chi connectivity index (χ3v) is 3.50. The van der Waals surface area contributed by atoms with E-state index >= 15 is 0 Å². The number of carbonyl (C=O) groups is 1. The predicted octanol–water partition coefficient (Wildman–Crippen LogP) is 3.04. The molecule has 2 aromatic carbocycles. The van der Waals surface area contributed by atoms with Crippen molar-refractivity contribution in [1.29, 1.82) is 0 Å². The predicted molar refractivity (Wildman–Crippen MR) is 92.6 cm³/mol. The summed E-state index contributed by atoms with van der Waals surface area (Å²) >= 11 is 0. The first-order valence-corrected chi connectivity index (χ1v) is 7.54. The Morgan fingerprint density at radius 1 is 1.33 bits per heavy atom. The SMILES string of the molecule is CCOc1cc(C=NNC(=O)c2cccc3cc[nH]c23)ccc1O. The molecule has 0 atom stereocenters. The molecule has 6 heteroatoms. The van der Waals surface area contributed by atoms with Gasteiger partial charge in [-0.15, -0.1) is 0 Å². The number of aromatic amines is 1. The molecule has 1 heterocycles.